The molecule has 4 rings (SSSR count). The van der Waals surface area contributed by atoms with E-state index in [-0.39, 0.29) is 11.4 Å². The molecule has 0 fully saturated rings. The van der Waals surface area contributed by atoms with Gasteiger partial charge in [-0.3, -0.25) is 0 Å². The topological polar surface area (TPSA) is 50.4 Å². The lowest BCUT2D eigenvalue weighted by Crippen LogP contribution is -1.99. The van der Waals surface area contributed by atoms with Gasteiger partial charge in [-0.15, -0.1) is 0 Å². The SMILES string of the molecule is O=c1oc2c3ccc(O)cc3ccc2c2ccccc12. The van der Waals surface area contributed by atoms with Crippen molar-refractivity contribution in [3.63, 3.8) is 0 Å². The summed E-state index contributed by atoms with van der Waals surface area (Å²) in [5, 5.41) is 13.6. The van der Waals surface area contributed by atoms with Gasteiger partial charge in [0.15, 0.2) is 0 Å². The molecule has 0 atom stereocenters. The Labute approximate surface area is 113 Å². The highest BCUT2D eigenvalue weighted by Gasteiger charge is 2.09. The van der Waals surface area contributed by atoms with E-state index in [1.54, 1.807) is 24.3 Å². The van der Waals surface area contributed by atoms with E-state index in [2.05, 4.69) is 0 Å². The van der Waals surface area contributed by atoms with E-state index in [1.807, 2.05) is 30.3 Å². The summed E-state index contributed by atoms with van der Waals surface area (Å²) >= 11 is 0. The van der Waals surface area contributed by atoms with Gasteiger partial charge in [-0.05, 0) is 41.1 Å². The smallest absolute Gasteiger partial charge is 0.344 e. The van der Waals surface area contributed by atoms with Crippen molar-refractivity contribution in [2.24, 2.45) is 0 Å². The standard InChI is InChI=1S/C17H10O3/c18-11-6-8-12-10(9-11)5-7-14-13-3-1-2-4-15(13)17(19)20-16(12)14/h1-9,18H. The molecule has 3 aromatic carbocycles. The Kier molecular flexibility index (Phi) is 2.12. The second kappa shape index (κ2) is 3.84. The molecule has 0 amide bonds. The fraction of sp³-hybridized carbons (Fsp3) is 0. The highest BCUT2D eigenvalue weighted by Crippen LogP contribution is 2.30. The summed E-state index contributed by atoms with van der Waals surface area (Å²) in [7, 11) is 0. The van der Waals surface area contributed by atoms with Crippen LogP contribution in [0.3, 0.4) is 0 Å². The van der Waals surface area contributed by atoms with Gasteiger partial charge in [0.1, 0.15) is 11.3 Å². The fourth-order valence-corrected chi connectivity index (χ4v) is 2.65. The van der Waals surface area contributed by atoms with Crippen molar-refractivity contribution < 1.29 is 9.52 Å². The first-order valence-corrected chi connectivity index (χ1v) is 6.31. The monoisotopic (exact) mass is 262 g/mol. The highest BCUT2D eigenvalue weighted by molar-refractivity contribution is 6.13. The van der Waals surface area contributed by atoms with Gasteiger partial charge >= 0.3 is 5.63 Å². The van der Waals surface area contributed by atoms with E-state index < -0.39 is 0 Å². The minimum atomic E-state index is -0.339. The number of phenolic OH excluding ortho intramolecular Hbond substituents is 1. The van der Waals surface area contributed by atoms with Crippen LogP contribution in [-0.2, 0) is 0 Å². The van der Waals surface area contributed by atoms with Crippen LogP contribution >= 0.6 is 0 Å². The Hall–Kier alpha value is -2.81. The van der Waals surface area contributed by atoms with Crippen molar-refractivity contribution in [2.45, 2.75) is 0 Å². The van der Waals surface area contributed by atoms with E-state index in [9.17, 15) is 9.90 Å². The third-order valence-electron chi connectivity index (χ3n) is 3.59. The molecule has 0 saturated carbocycles. The van der Waals surface area contributed by atoms with E-state index in [1.165, 1.54) is 0 Å². The average Bonchev–Trinajstić information content (AvgIpc) is 2.47. The maximum Gasteiger partial charge on any atom is 0.344 e. The van der Waals surface area contributed by atoms with Crippen LogP contribution in [0.25, 0.3) is 32.5 Å². The van der Waals surface area contributed by atoms with Gasteiger partial charge in [-0.2, -0.15) is 0 Å². The second-order valence-electron chi connectivity index (χ2n) is 4.78. The summed E-state index contributed by atoms with van der Waals surface area (Å²) in [6.07, 6.45) is 0. The normalized spacial score (nSPS) is 11.4. The van der Waals surface area contributed by atoms with E-state index in [0.717, 1.165) is 21.5 Å². The third kappa shape index (κ3) is 1.43. The molecule has 1 aromatic heterocycles. The van der Waals surface area contributed by atoms with E-state index in [0.29, 0.717) is 11.0 Å². The Balaban J connectivity index is 2.32. The number of hydrogen-bond acceptors (Lipinski definition) is 3. The molecule has 0 aliphatic rings. The van der Waals surface area contributed by atoms with Crippen molar-refractivity contribution in [1.29, 1.82) is 0 Å². The summed E-state index contributed by atoms with van der Waals surface area (Å²) in [6.45, 7) is 0. The van der Waals surface area contributed by atoms with Crippen molar-refractivity contribution in [1.82, 2.24) is 0 Å². The predicted molar refractivity (Wildman–Crippen MR) is 79.2 cm³/mol. The highest BCUT2D eigenvalue weighted by atomic mass is 16.4. The van der Waals surface area contributed by atoms with Crippen LogP contribution in [0.15, 0.2) is 63.8 Å². The lowest BCUT2D eigenvalue weighted by Gasteiger charge is -2.06. The summed E-state index contributed by atoms with van der Waals surface area (Å²) in [5.74, 6) is 0.194. The van der Waals surface area contributed by atoms with Crippen LogP contribution in [0.5, 0.6) is 5.75 Å². The lowest BCUT2D eigenvalue weighted by atomic mass is 10.0. The van der Waals surface area contributed by atoms with Gasteiger partial charge in [0, 0.05) is 10.8 Å². The molecule has 1 N–H and O–H groups in total. The molecule has 20 heavy (non-hydrogen) atoms. The molecule has 0 spiro atoms. The quantitative estimate of drug-likeness (QED) is 0.387. The zero-order valence-electron chi connectivity index (χ0n) is 10.5. The largest absolute Gasteiger partial charge is 0.508 e. The van der Waals surface area contributed by atoms with Crippen LogP contribution in [0.1, 0.15) is 0 Å². The van der Waals surface area contributed by atoms with Crippen LogP contribution in [0, 0.1) is 0 Å². The van der Waals surface area contributed by atoms with Crippen LogP contribution in [0.2, 0.25) is 0 Å². The second-order valence-corrected chi connectivity index (χ2v) is 4.78. The maximum absolute atomic E-state index is 12.1. The molecule has 3 nitrogen and oxygen atoms in total. The Morgan fingerprint density at radius 3 is 2.40 bits per heavy atom. The minimum Gasteiger partial charge on any atom is -0.508 e. The number of aromatic hydroxyl groups is 1. The molecular weight excluding hydrogens is 252 g/mol. The Bertz CT molecular complexity index is 1030. The fourth-order valence-electron chi connectivity index (χ4n) is 2.65. The first-order chi connectivity index (χ1) is 9.74. The van der Waals surface area contributed by atoms with Crippen molar-refractivity contribution in [3.8, 4) is 5.75 Å². The molecule has 0 unspecified atom stereocenters. The summed E-state index contributed by atoms with van der Waals surface area (Å²) in [4.78, 5) is 12.1. The zero-order chi connectivity index (χ0) is 13.7. The molecular formula is C17H10O3. The average molecular weight is 262 g/mol. The molecule has 0 aliphatic carbocycles. The number of hydrogen-bond donors (Lipinski definition) is 1. The number of fused-ring (bicyclic) bond motifs is 5. The molecule has 0 radical (unpaired) electrons. The van der Waals surface area contributed by atoms with Crippen LogP contribution in [-0.4, -0.2) is 5.11 Å². The summed E-state index contributed by atoms with van der Waals surface area (Å²) in [6, 6.07) is 16.3. The summed E-state index contributed by atoms with van der Waals surface area (Å²) < 4.78 is 5.49. The van der Waals surface area contributed by atoms with Crippen molar-refractivity contribution >= 4 is 32.5 Å². The molecule has 3 heteroatoms. The molecule has 0 saturated heterocycles. The van der Waals surface area contributed by atoms with E-state index in [4.69, 9.17) is 4.42 Å². The zero-order valence-corrected chi connectivity index (χ0v) is 10.5. The third-order valence-corrected chi connectivity index (χ3v) is 3.59. The van der Waals surface area contributed by atoms with Gasteiger partial charge in [-0.1, -0.05) is 24.3 Å². The lowest BCUT2D eigenvalue weighted by molar-refractivity contribution is 0.476. The number of rotatable bonds is 0. The van der Waals surface area contributed by atoms with Gasteiger partial charge < -0.3 is 9.52 Å². The minimum absolute atomic E-state index is 0.194. The molecule has 1 heterocycles. The van der Waals surface area contributed by atoms with E-state index >= 15 is 0 Å². The number of phenols is 1. The first-order valence-electron chi connectivity index (χ1n) is 6.31. The molecule has 0 bridgehead atoms. The van der Waals surface area contributed by atoms with Crippen molar-refractivity contribution in [3.05, 3.63) is 65.0 Å². The Morgan fingerprint density at radius 1 is 0.800 bits per heavy atom. The van der Waals surface area contributed by atoms with Gasteiger partial charge in [0.05, 0.1) is 5.39 Å². The van der Waals surface area contributed by atoms with Crippen molar-refractivity contribution in [2.75, 3.05) is 0 Å². The van der Waals surface area contributed by atoms with Gasteiger partial charge in [0.25, 0.3) is 0 Å². The maximum atomic E-state index is 12.1. The van der Waals surface area contributed by atoms with Gasteiger partial charge in [0.2, 0.25) is 0 Å². The first kappa shape index (κ1) is 11.1. The Morgan fingerprint density at radius 2 is 1.55 bits per heavy atom. The molecule has 96 valence electrons. The predicted octanol–water partition coefficient (Wildman–Crippen LogP) is 3.81. The van der Waals surface area contributed by atoms with Gasteiger partial charge in [-0.25, -0.2) is 4.79 Å². The van der Waals surface area contributed by atoms with Crippen LogP contribution in [0.4, 0.5) is 0 Å². The summed E-state index contributed by atoms with van der Waals surface area (Å²) in [5.41, 5.74) is 0.222. The molecule has 4 aromatic rings. The van der Waals surface area contributed by atoms with Crippen LogP contribution < -0.4 is 5.63 Å². The number of benzene rings is 3. The molecule has 0 aliphatic heterocycles.